The second-order valence-electron chi connectivity index (χ2n) is 5.56. The maximum absolute atomic E-state index is 13.7. The fraction of sp³-hybridized carbons (Fsp3) is 0.571. The Morgan fingerprint density at radius 1 is 1.35 bits per heavy atom. The van der Waals surface area contributed by atoms with Crippen LogP contribution in [0.25, 0.3) is 0 Å². The van der Waals surface area contributed by atoms with E-state index in [2.05, 4.69) is 11.6 Å². The molecule has 0 saturated heterocycles. The van der Waals surface area contributed by atoms with Gasteiger partial charge in [-0.1, -0.05) is 26.2 Å². The third-order valence-electron chi connectivity index (χ3n) is 4.07. The van der Waals surface area contributed by atoms with Gasteiger partial charge in [0.05, 0.1) is 0 Å². The first-order valence-corrected chi connectivity index (χ1v) is 8.43. The van der Waals surface area contributed by atoms with E-state index in [1.165, 1.54) is 18.6 Å². The number of nitrogens with two attached hydrogens (primary N) is 1. The molecule has 1 fully saturated rings. The zero-order chi connectivity index (χ0) is 14.8. The Kier molecular flexibility index (Phi) is 4.65. The molecular weight excluding hydrogens is 279 g/mol. The summed E-state index contributed by atoms with van der Waals surface area (Å²) >= 11 is 0. The van der Waals surface area contributed by atoms with Crippen molar-refractivity contribution >= 4 is 15.7 Å². The van der Waals surface area contributed by atoms with Gasteiger partial charge in [0, 0.05) is 12.2 Å². The minimum absolute atomic E-state index is 0.211. The largest absolute Gasteiger partial charge is 0.399 e. The van der Waals surface area contributed by atoms with Crippen molar-refractivity contribution in [2.45, 2.75) is 37.5 Å². The van der Waals surface area contributed by atoms with E-state index >= 15 is 0 Å². The Morgan fingerprint density at radius 3 is 2.70 bits per heavy atom. The molecule has 0 aromatic heterocycles. The summed E-state index contributed by atoms with van der Waals surface area (Å²) < 4.78 is 40.5. The molecule has 0 amide bonds. The summed E-state index contributed by atoms with van der Waals surface area (Å²) in [5.41, 5.74) is 5.64. The lowest BCUT2D eigenvalue weighted by Gasteiger charge is -2.28. The fourth-order valence-corrected chi connectivity index (χ4v) is 3.88. The molecular formula is C14H21FN2O2S. The average molecular weight is 300 g/mol. The first-order chi connectivity index (χ1) is 9.40. The van der Waals surface area contributed by atoms with E-state index in [1.807, 2.05) is 0 Å². The number of benzene rings is 1. The number of halogens is 1. The highest BCUT2D eigenvalue weighted by Crippen LogP contribution is 2.29. The van der Waals surface area contributed by atoms with Crippen molar-refractivity contribution < 1.29 is 12.8 Å². The molecule has 0 heterocycles. The SMILES string of the molecule is CC1CCCCC1CNS(=O)(=O)c1ccc(N)cc1F. The standard InChI is InChI=1S/C14H21FN2O2S/c1-10-4-2-3-5-11(10)9-17-20(18,19)14-7-6-12(16)8-13(14)15/h6-8,10-11,17H,2-5,9,16H2,1H3. The number of nitrogens with one attached hydrogen (secondary N) is 1. The van der Waals surface area contributed by atoms with Gasteiger partial charge in [0.25, 0.3) is 0 Å². The Labute approximate surface area is 119 Å². The normalized spacial score (nSPS) is 23.7. The quantitative estimate of drug-likeness (QED) is 0.839. The molecule has 0 bridgehead atoms. The molecule has 1 saturated carbocycles. The van der Waals surface area contributed by atoms with Crippen LogP contribution in [0, 0.1) is 17.7 Å². The van der Waals surface area contributed by atoms with Crippen LogP contribution in [-0.2, 0) is 10.0 Å². The molecule has 112 valence electrons. The van der Waals surface area contributed by atoms with Crippen LogP contribution in [0.15, 0.2) is 23.1 Å². The summed E-state index contributed by atoms with van der Waals surface area (Å²) in [5.74, 6) is 0.0206. The first kappa shape index (κ1) is 15.3. The Hall–Kier alpha value is -1.14. The second-order valence-corrected chi connectivity index (χ2v) is 7.30. The summed E-state index contributed by atoms with van der Waals surface area (Å²) in [6.07, 6.45) is 4.49. The summed E-state index contributed by atoms with van der Waals surface area (Å²) in [5, 5.41) is 0. The van der Waals surface area contributed by atoms with Gasteiger partial charge in [-0.25, -0.2) is 17.5 Å². The van der Waals surface area contributed by atoms with Crippen molar-refractivity contribution in [3.8, 4) is 0 Å². The molecule has 1 aromatic carbocycles. The third-order valence-corrected chi connectivity index (χ3v) is 5.53. The van der Waals surface area contributed by atoms with Crippen molar-refractivity contribution in [3.63, 3.8) is 0 Å². The number of anilines is 1. The van der Waals surface area contributed by atoms with Crippen molar-refractivity contribution in [2.24, 2.45) is 11.8 Å². The van der Waals surface area contributed by atoms with E-state index in [0.29, 0.717) is 18.4 Å². The molecule has 0 radical (unpaired) electrons. The zero-order valence-corrected chi connectivity index (χ0v) is 12.4. The Morgan fingerprint density at radius 2 is 2.05 bits per heavy atom. The van der Waals surface area contributed by atoms with Crippen LogP contribution in [-0.4, -0.2) is 15.0 Å². The van der Waals surface area contributed by atoms with Crippen LogP contribution in [0.4, 0.5) is 10.1 Å². The van der Waals surface area contributed by atoms with Crippen molar-refractivity contribution in [2.75, 3.05) is 12.3 Å². The molecule has 1 aromatic rings. The monoisotopic (exact) mass is 300 g/mol. The first-order valence-electron chi connectivity index (χ1n) is 6.95. The highest BCUT2D eigenvalue weighted by atomic mass is 32.2. The smallest absolute Gasteiger partial charge is 0.243 e. The van der Waals surface area contributed by atoms with Gasteiger partial charge in [-0.05, 0) is 36.5 Å². The third kappa shape index (κ3) is 3.49. The minimum atomic E-state index is -3.81. The van der Waals surface area contributed by atoms with E-state index in [4.69, 9.17) is 5.73 Å². The molecule has 4 nitrogen and oxygen atoms in total. The number of hydrogen-bond acceptors (Lipinski definition) is 3. The molecule has 20 heavy (non-hydrogen) atoms. The van der Waals surface area contributed by atoms with Gasteiger partial charge < -0.3 is 5.73 Å². The van der Waals surface area contributed by atoms with Crippen LogP contribution in [0.5, 0.6) is 0 Å². The Bertz CT molecular complexity index is 575. The van der Waals surface area contributed by atoms with Gasteiger partial charge in [-0.3, -0.25) is 0 Å². The Balaban J connectivity index is 2.07. The van der Waals surface area contributed by atoms with E-state index in [-0.39, 0.29) is 10.6 Å². The molecule has 1 aliphatic rings. The molecule has 0 spiro atoms. The van der Waals surface area contributed by atoms with Gasteiger partial charge in [0.2, 0.25) is 10.0 Å². The lowest BCUT2D eigenvalue weighted by Crippen LogP contribution is -2.33. The topological polar surface area (TPSA) is 72.2 Å². The molecule has 6 heteroatoms. The molecule has 2 unspecified atom stereocenters. The maximum atomic E-state index is 13.7. The van der Waals surface area contributed by atoms with E-state index in [9.17, 15) is 12.8 Å². The highest BCUT2D eigenvalue weighted by Gasteiger charge is 2.25. The summed E-state index contributed by atoms with van der Waals surface area (Å²) in [6.45, 7) is 2.51. The summed E-state index contributed by atoms with van der Waals surface area (Å²) in [7, 11) is -3.81. The van der Waals surface area contributed by atoms with Gasteiger partial charge in [0.1, 0.15) is 10.7 Å². The van der Waals surface area contributed by atoms with Crippen LogP contribution in [0.1, 0.15) is 32.6 Å². The second kappa shape index (κ2) is 6.10. The van der Waals surface area contributed by atoms with Gasteiger partial charge >= 0.3 is 0 Å². The van der Waals surface area contributed by atoms with Gasteiger partial charge in [0.15, 0.2) is 0 Å². The molecule has 0 aliphatic heterocycles. The van der Waals surface area contributed by atoms with Crippen LogP contribution in [0.3, 0.4) is 0 Å². The fourth-order valence-electron chi connectivity index (χ4n) is 2.73. The zero-order valence-electron chi connectivity index (χ0n) is 11.6. The maximum Gasteiger partial charge on any atom is 0.243 e. The predicted molar refractivity (Wildman–Crippen MR) is 77.1 cm³/mol. The minimum Gasteiger partial charge on any atom is -0.399 e. The molecule has 1 aliphatic carbocycles. The highest BCUT2D eigenvalue weighted by molar-refractivity contribution is 7.89. The van der Waals surface area contributed by atoms with Crippen molar-refractivity contribution in [3.05, 3.63) is 24.0 Å². The van der Waals surface area contributed by atoms with Crippen LogP contribution in [0.2, 0.25) is 0 Å². The van der Waals surface area contributed by atoms with E-state index in [1.54, 1.807) is 0 Å². The summed E-state index contributed by atoms with van der Waals surface area (Å²) in [6, 6.07) is 3.62. The molecule has 2 atom stereocenters. The number of nitrogen functional groups attached to an aromatic ring is 1. The lowest BCUT2D eigenvalue weighted by molar-refractivity contribution is 0.257. The number of rotatable bonds is 4. The van der Waals surface area contributed by atoms with Crippen molar-refractivity contribution in [1.29, 1.82) is 0 Å². The number of sulfonamides is 1. The lowest BCUT2D eigenvalue weighted by atomic mass is 9.81. The van der Waals surface area contributed by atoms with Crippen LogP contribution < -0.4 is 10.5 Å². The van der Waals surface area contributed by atoms with E-state index < -0.39 is 15.8 Å². The van der Waals surface area contributed by atoms with E-state index in [0.717, 1.165) is 25.3 Å². The molecule has 2 rings (SSSR count). The van der Waals surface area contributed by atoms with Crippen LogP contribution >= 0.6 is 0 Å². The summed E-state index contributed by atoms with van der Waals surface area (Å²) in [4.78, 5) is -0.338. The molecule has 3 N–H and O–H groups in total. The predicted octanol–water partition coefficient (Wildman–Crippen LogP) is 2.51. The van der Waals surface area contributed by atoms with Gasteiger partial charge in [-0.2, -0.15) is 0 Å². The van der Waals surface area contributed by atoms with Gasteiger partial charge in [-0.15, -0.1) is 0 Å². The average Bonchev–Trinajstić information content (AvgIpc) is 2.37. The number of hydrogen-bond donors (Lipinski definition) is 2. The van der Waals surface area contributed by atoms with Crippen molar-refractivity contribution in [1.82, 2.24) is 4.72 Å².